The summed E-state index contributed by atoms with van der Waals surface area (Å²) in [7, 11) is 0. The zero-order valence-corrected chi connectivity index (χ0v) is 20.4. The second-order valence-corrected chi connectivity index (χ2v) is 9.83. The molecular weight excluding hydrogens is 426 g/mol. The third kappa shape index (κ3) is 6.25. The van der Waals surface area contributed by atoms with Crippen LogP contribution >= 0.6 is 0 Å². The van der Waals surface area contributed by atoms with Crippen molar-refractivity contribution in [3.05, 3.63) is 101 Å². The molecule has 1 saturated carbocycles. The highest BCUT2D eigenvalue weighted by atomic mass is 19.1. The van der Waals surface area contributed by atoms with E-state index in [2.05, 4.69) is 61.5 Å². The van der Waals surface area contributed by atoms with Crippen molar-refractivity contribution >= 4 is 0 Å². The van der Waals surface area contributed by atoms with Crippen molar-refractivity contribution in [2.24, 2.45) is 5.92 Å². The maximum Gasteiger partial charge on any atom is 0.190 e. The molecule has 34 heavy (non-hydrogen) atoms. The molecule has 0 radical (unpaired) electrons. The van der Waals surface area contributed by atoms with E-state index in [1.165, 1.54) is 60.9 Å². The second-order valence-electron chi connectivity index (χ2n) is 9.83. The summed E-state index contributed by atoms with van der Waals surface area (Å²) >= 11 is 0. The molecule has 0 aromatic heterocycles. The first-order chi connectivity index (χ1) is 16.5. The van der Waals surface area contributed by atoms with Crippen molar-refractivity contribution in [3.8, 4) is 5.75 Å². The summed E-state index contributed by atoms with van der Waals surface area (Å²) in [5, 5.41) is 0. The van der Waals surface area contributed by atoms with Crippen LogP contribution in [0.2, 0.25) is 0 Å². The third-order valence-corrected chi connectivity index (χ3v) is 7.40. The van der Waals surface area contributed by atoms with E-state index in [1.807, 2.05) is 0 Å². The molecule has 0 bridgehead atoms. The van der Waals surface area contributed by atoms with Crippen LogP contribution in [0.3, 0.4) is 0 Å². The Kier molecular flexibility index (Phi) is 8.37. The lowest BCUT2D eigenvalue weighted by Gasteiger charge is -2.30. The lowest BCUT2D eigenvalue weighted by Crippen LogP contribution is -2.15. The van der Waals surface area contributed by atoms with Crippen molar-refractivity contribution in [3.63, 3.8) is 0 Å². The Balaban J connectivity index is 1.26. The van der Waals surface area contributed by atoms with E-state index in [4.69, 9.17) is 4.74 Å². The SMILES string of the molecule is CCOc1c(F)cc(CCc2ccc(C3CCC(CC(C)c4ccccc4)CC3)cc2)cc1F. The number of hydrogen-bond donors (Lipinski definition) is 0. The van der Waals surface area contributed by atoms with Crippen LogP contribution in [0.4, 0.5) is 8.78 Å². The van der Waals surface area contributed by atoms with Gasteiger partial charge in [-0.1, -0.05) is 61.5 Å². The fourth-order valence-electron chi connectivity index (χ4n) is 5.43. The number of hydrogen-bond acceptors (Lipinski definition) is 1. The van der Waals surface area contributed by atoms with Gasteiger partial charge in [-0.3, -0.25) is 0 Å². The maximum atomic E-state index is 14.1. The molecule has 0 N–H and O–H groups in total. The van der Waals surface area contributed by atoms with Gasteiger partial charge in [0.05, 0.1) is 6.61 Å². The van der Waals surface area contributed by atoms with Gasteiger partial charge in [0.1, 0.15) is 0 Å². The fraction of sp³-hybridized carbons (Fsp3) is 0.419. The molecule has 1 aliphatic carbocycles. The van der Waals surface area contributed by atoms with Gasteiger partial charge < -0.3 is 4.74 Å². The largest absolute Gasteiger partial charge is 0.488 e. The van der Waals surface area contributed by atoms with Crippen LogP contribution in [0, 0.1) is 17.6 Å². The van der Waals surface area contributed by atoms with Gasteiger partial charge in [0.15, 0.2) is 17.4 Å². The summed E-state index contributed by atoms with van der Waals surface area (Å²) in [6.45, 7) is 4.32. The molecular formula is C31H36F2O. The van der Waals surface area contributed by atoms with Crippen LogP contribution in [0.5, 0.6) is 5.75 Å². The molecule has 4 rings (SSSR count). The van der Waals surface area contributed by atoms with Gasteiger partial charge in [-0.25, -0.2) is 8.78 Å². The van der Waals surface area contributed by atoms with Crippen LogP contribution in [0.1, 0.15) is 80.0 Å². The quantitative estimate of drug-likeness (QED) is 0.309. The Bertz CT molecular complexity index is 1010. The number of ether oxygens (including phenoxy) is 1. The highest BCUT2D eigenvalue weighted by Gasteiger charge is 2.24. The smallest absolute Gasteiger partial charge is 0.190 e. The lowest BCUT2D eigenvalue weighted by molar-refractivity contribution is 0.297. The first kappa shape index (κ1) is 24.4. The molecule has 1 aliphatic rings. The minimum absolute atomic E-state index is 0.244. The minimum Gasteiger partial charge on any atom is -0.488 e. The standard InChI is InChI=1S/C31H36F2O/c1-3-34-31-29(32)20-25(21-30(31)33)10-9-23-11-15-27(16-12-23)28-17-13-24(14-18-28)19-22(2)26-7-5-4-6-8-26/h4-8,11-12,15-16,20-22,24,28H,3,9-10,13-14,17-19H2,1-2H3. The van der Waals surface area contributed by atoms with Crippen LogP contribution in [0.25, 0.3) is 0 Å². The molecule has 3 aromatic carbocycles. The van der Waals surface area contributed by atoms with Gasteiger partial charge in [-0.2, -0.15) is 0 Å². The topological polar surface area (TPSA) is 9.23 Å². The van der Waals surface area contributed by atoms with Gasteiger partial charge >= 0.3 is 0 Å². The van der Waals surface area contributed by atoms with Gasteiger partial charge in [0, 0.05) is 0 Å². The maximum absolute atomic E-state index is 14.1. The zero-order valence-electron chi connectivity index (χ0n) is 20.4. The van der Waals surface area contributed by atoms with Crippen LogP contribution in [-0.4, -0.2) is 6.61 Å². The summed E-state index contributed by atoms with van der Waals surface area (Å²) in [6, 6.07) is 22.5. The summed E-state index contributed by atoms with van der Waals surface area (Å²) in [5.41, 5.74) is 4.74. The predicted octanol–water partition coefficient (Wildman–Crippen LogP) is 8.62. The number of halogens is 2. The van der Waals surface area contributed by atoms with Crippen LogP contribution < -0.4 is 4.74 Å². The van der Waals surface area contributed by atoms with Gasteiger partial charge in [-0.05, 0) is 104 Å². The highest BCUT2D eigenvalue weighted by molar-refractivity contribution is 5.32. The Morgan fingerprint density at radius 2 is 1.44 bits per heavy atom. The summed E-state index contributed by atoms with van der Waals surface area (Å²) < 4.78 is 33.3. The lowest BCUT2D eigenvalue weighted by atomic mass is 9.75. The van der Waals surface area contributed by atoms with Gasteiger partial charge in [0.2, 0.25) is 0 Å². The Morgan fingerprint density at radius 1 is 0.824 bits per heavy atom. The van der Waals surface area contributed by atoms with Crippen molar-refractivity contribution < 1.29 is 13.5 Å². The first-order valence-electron chi connectivity index (χ1n) is 12.8. The van der Waals surface area contributed by atoms with Crippen LogP contribution in [0.15, 0.2) is 66.7 Å². The zero-order chi connectivity index (χ0) is 23.9. The van der Waals surface area contributed by atoms with E-state index < -0.39 is 11.6 Å². The second kappa shape index (κ2) is 11.6. The predicted molar refractivity (Wildman–Crippen MR) is 136 cm³/mol. The molecule has 1 nitrogen and oxygen atoms in total. The molecule has 1 unspecified atom stereocenters. The van der Waals surface area contributed by atoms with Crippen molar-refractivity contribution in [2.75, 3.05) is 6.61 Å². The average molecular weight is 463 g/mol. The summed E-state index contributed by atoms with van der Waals surface area (Å²) in [5.74, 6) is 0.563. The number of rotatable bonds is 9. The summed E-state index contributed by atoms with van der Waals surface area (Å²) in [6.07, 6.45) is 7.77. The monoisotopic (exact) mass is 462 g/mol. The highest BCUT2D eigenvalue weighted by Crippen LogP contribution is 2.39. The summed E-state index contributed by atoms with van der Waals surface area (Å²) in [4.78, 5) is 0. The number of benzene rings is 3. The Labute approximate surface area is 203 Å². The molecule has 1 fully saturated rings. The molecule has 0 amide bonds. The fourth-order valence-corrected chi connectivity index (χ4v) is 5.43. The first-order valence-corrected chi connectivity index (χ1v) is 12.8. The average Bonchev–Trinajstić information content (AvgIpc) is 2.86. The molecule has 1 atom stereocenters. The molecule has 3 heteroatoms. The van der Waals surface area contributed by atoms with E-state index in [9.17, 15) is 8.78 Å². The minimum atomic E-state index is -0.624. The molecule has 180 valence electrons. The van der Waals surface area contributed by atoms with E-state index in [-0.39, 0.29) is 12.4 Å². The molecule has 0 spiro atoms. The van der Waals surface area contributed by atoms with Crippen molar-refractivity contribution in [1.29, 1.82) is 0 Å². The van der Waals surface area contributed by atoms with E-state index in [0.717, 1.165) is 12.3 Å². The van der Waals surface area contributed by atoms with Gasteiger partial charge in [-0.15, -0.1) is 0 Å². The Hall–Kier alpha value is -2.68. The number of aryl methyl sites for hydroxylation is 2. The Morgan fingerprint density at radius 3 is 2.06 bits per heavy atom. The van der Waals surface area contributed by atoms with E-state index in [0.29, 0.717) is 23.8 Å². The normalized spacial score (nSPS) is 19.1. The van der Waals surface area contributed by atoms with Crippen molar-refractivity contribution in [1.82, 2.24) is 0 Å². The third-order valence-electron chi connectivity index (χ3n) is 7.40. The molecule has 0 heterocycles. The molecule has 0 aliphatic heterocycles. The molecule has 3 aromatic rings. The van der Waals surface area contributed by atoms with E-state index in [1.54, 1.807) is 6.92 Å². The van der Waals surface area contributed by atoms with Crippen molar-refractivity contribution in [2.45, 2.75) is 70.6 Å². The van der Waals surface area contributed by atoms with Crippen LogP contribution in [-0.2, 0) is 12.8 Å². The van der Waals surface area contributed by atoms with Gasteiger partial charge in [0.25, 0.3) is 0 Å². The van der Waals surface area contributed by atoms with E-state index >= 15 is 0 Å². The molecule has 0 saturated heterocycles.